The first-order valence-electron chi connectivity index (χ1n) is 10.4. The smallest absolute Gasteiger partial charge is 0.219 e. The Hall–Kier alpha value is -2.19. The number of ether oxygens (including phenoxy) is 2. The van der Waals surface area contributed by atoms with Crippen molar-refractivity contribution in [3.05, 3.63) is 53.3 Å². The fourth-order valence-electron chi connectivity index (χ4n) is 4.72. The fraction of sp³-hybridized carbons (Fsp3) is 0.478. The second-order valence-corrected chi connectivity index (χ2v) is 10.6. The zero-order valence-corrected chi connectivity index (χ0v) is 18.6. The van der Waals surface area contributed by atoms with Crippen LogP contribution in [0.4, 0.5) is 8.78 Å². The molecular formula is C23H27F2NO4S. The molecule has 0 aliphatic carbocycles. The van der Waals surface area contributed by atoms with E-state index >= 15 is 4.39 Å². The van der Waals surface area contributed by atoms with E-state index in [1.807, 2.05) is 6.07 Å². The summed E-state index contributed by atoms with van der Waals surface area (Å²) in [7, 11) is -1.24. The largest absolute Gasteiger partial charge is 0.493 e. The summed E-state index contributed by atoms with van der Waals surface area (Å²) in [5, 5.41) is -2.32. The number of nitrogens with zero attached hydrogens (tertiary/aromatic N) is 1. The number of hydrogen-bond acceptors (Lipinski definition) is 5. The van der Waals surface area contributed by atoms with Crippen LogP contribution in [0.5, 0.6) is 11.5 Å². The van der Waals surface area contributed by atoms with Crippen molar-refractivity contribution in [2.75, 3.05) is 27.3 Å². The molecule has 1 atom stereocenters. The van der Waals surface area contributed by atoms with Crippen LogP contribution in [0, 0.1) is 11.7 Å². The Kier molecular flexibility index (Phi) is 5.96. The third-order valence-corrected chi connectivity index (χ3v) is 8.62. The van der Waals surface area contributed by atoms with Crippen LogP contribution in [0.2, 0.25) is 0 Å². The second-order valence-electron chi connectivity index (χ2n) is 8.43. The Labute approximate surface area is 181 Å². The van der Waals surface area contributed by atoms with E-state index in [1.165, 1.54) is 32.4 Å². The lowest BCUT2D eigenvalue weighted by Gasteiger charge is -2.34. The molecule has 168 valence electrons. The second kappa shape index (κ2) is 8.39. The van der Waals surface area contributed by atoms with Crippen molar-refractivity contribution in [2.24, 2.45) is 5.92 Å². The molecule has 4 rings (SSSR count). The monoisotopic (exact) mass is 451 g/mol. The predicted octanol–water partition coefficient (Wildman–Crippen LogP) is 4.14. The maximum atomic E-state index is 15.9. The number of sulfone groups is 1. The van der Waals surface area contributed by atoms with Crippen molar-refractivity contribution in [1.29, 1.82) is 0 Å². The zero-order chi connectivity index (χ0) is 22.2. The quantitative estimate of drug-likeness (QED) is 0.661. The molecule has 0 bridgehead atoms. The molecule has 8 heteroatoms. The van der Waals surface area contributed by atoms with Gasteiger partial charge in [-0.15, -0.1) is 0 Å². The molecule has 2 aromatic rings. The summed E-state index contributed by atoms with van der Waals surface area (Å²) in [5.41, 5.74) is 1.33. The molecule has 1 fully saturated rings. The average Bonchev–Trinajstić information content (AvgIpc) is 2.93. The van der Waals surface area contributed by atoms with Gasteiger partial charge in [0.2, 0.25) is 14.8 Å². The van der Waals surface area contributed by atoms with Crippen molar-refractivity contribution < 1.29 is 26.7 Å². The molecule has 0 aromatic heterocycles. The lowest BCUT2D eigenvalue weighted by atomic mass is 9.89. The number of methoxy groups -OCH3 is 2. The van der Waals surface area contributed by atoms with E-state index in [9.17, 15) is 12.8 Å². The summed E-state index contributed by atoms with van der Waals surface area (Å²) in [6.45, 7) is 2.09. The maximum absolute atomic E-state index is 15.9. The van der Waals surface area contributed by atoms with Gasteiger partial charge in [0.15, 0.2) is 11.5 Å². The summed E-state index contributed by atoms with van der Waals surface area (Å²) < 4.78 is 65.9. The van der Waals surface area contributed by atoms with Crippen LogP contribution >= 0.6 is 0 Å². The van der Waals surface area contributed by atoms with Gasteiger partial charge in [-0.3, -0.25) is 4.90 Å². The molecule has 2 aromatic carbocycles. The van der Waals surface area contributed by atoms with Crippen LogP contribution in [0.15, 0.2) is 41.3 Å². The van der Waals surface area contributed by atoms with Gasteiger partial charge in [-0.2, -0.15) is 0 Å². The van der Waals surface area contributed by atoms with Crippen LogP contribution in [0.3, 0.4) is 0 Å². The zero-order valence-electron chi connectivity index (χ0n) is 17.7. The molecule has 1 saturated heterocycles. The number of benzene rings is 2. The third kappa shape index (κ3) is 4.15. The van der Waals surface area contributed by atoms with Crippen LogP contribution in [0.1, 0.15) is 30.4 Å². The number of rotatable bonds is 6. The number of alkyl halides is 1. The topological polar surface area (TPSA) is 55.8 Å². The van der Waals surface area contributed by atoms with Crippen molar-refractivity contribution in [1.82, 2.24) is 4.90 Å². The number of fused-ring (bicyclic) bond motifs is 1. The molecule has 1 unspecified atom stereocenters. The summed E-state index contributed by atoms with van der Waals surface area (Å²) in [4.78, 5) is 2.19. The van der Waals surface area contributed by atoms with Gasteiger partial charge in [-0.25, -0.2) is 17.2 Å². The molecule has 2 heterocycles. The first kappa shape index (κ1) is 22.0. The molecular weight excluding hydrogens is 424 g/mol. The maximum Gasteiger partial charge on any atom is 0.219 e. The molecule has 0 spiro atoms. The van der Waals surface area contributed by atoms with E-state index in [0.29, 0.717) is 30.7 Å². The van der Waals surface area contributed by atoms with Gasteiger partial charge in [0.1, 0.15) is 5.82 Å². The molecule has 0 amide bonds. The van der Waals surface area contributed by atoms with Gasteiger partial charge < -0.3 is 9.47 Å². The summed E-state index contributed by atoms with van der Waals surface area (Å²) in [6, 6.07) is 9.45. The Bertz CT molecular complexity index is 1070. The highest BCUT2D eigenvalue weighted by atomic mass is 32.2. The van der Waals surface area contributed by atoms with Gasteiger partial charge in [0, 0.05) is 19.0 Å². The highest BCUT2D eigenvalue weighted by molar-refractivity contribution is 7.93. The predicted molar refractivity (Wildman–Crippen MR) is 113 cm³/mol. The normalized spacial score (nSPS) is 23.5. The lowest BCUT2D eigenvalue weighted by molar-refractivity contribution is 0.135. The number of likely N-dealkylation sites (tertiary alicyclic amines) is 1. The molecule has 5 nitrogen and oxygen atoms in total. The van der Waals surface area contributed by atoms with Crippen LogP contribution in [0.25, 0.3) is 0 Å². The summed E-state index contributed by atoms with van der Waals surface area (Å²) in [6.07, 6.45) is 1.22. The minimum absolute atomic E-state index is 0.00353. The van der Waals surface area contributed by atoms with E-state index in [0.717, 1.165) is 18.7 Å². The fourth-order valence-corrected chi connectivity index (χ4v) is 6.66. The van der Waals surface area contributed by atoms with Crippen LogP contribution in [-0.2, 0) is 22.8 Å². The van der Waals surface area contributed by atoms with Crippen molar-refractivity contribution in [2.45, 2.75) is 42.1 Å². The van der Waals surface area contributed by atoms with E-state index in [1.54, 1.807) is 12.1 Å². The first-order chi connectivity index (χ1) is 14.8. The summed E-state index contributed by atoms with van der Waals surface area (Å²) in [5.74, 6) is 0.388. The summed E-state index contributed by atoms with van der Waals surface area (Å²) >= 11 is 0. The minimum atomic E-state index is -4.13. The molecule has 31 heavy (non-hydrogen) atoms. The van der Waals surface area contributed by atoms with Crippen LogP contribution < -0.4 is 9.47 Å². The molecule has 0 N–H and O–H groups in total. The number of halogens is 2. The van der Waals surface area contributed by atoms with Crippen molar-refractivity contribution >= 4 is 9.84 Å². The van der Waals surface area contributed by atoms with Gasteiger partial charge in [-0.1, -0.05) is 12.1 Å². The Morgan fingerprint density at radius 2 is 1.77 bits per heavy atom. The van der Waals surface area contributed by atoms with Crippen molar-refractivity contribution in [3.63, 3.8) is 0 Å². The highest BCUT2D eigenvalue weighted by Gasteiger charge is 2.53. The molecule has 0 saturated carbocycles. The van der Waals surface area contributed by atoms with Crippen LogP contribution in [-0.4, -0.2) is 45.6 Å². The SMILES string of the molecule is COc1cc2c(cc1OC)S(=O)(=O)C(F)(CC1CCN(Cc3cccc(F)c3)CC1)C2. The van der Waals surface area contributed by atoms with E-state index in [-0.39, 0.29) is 35.2 Å². The highest BCUT2D eigenvalue weighted by Crippen LogP contribution is 2.48. The number of piperidine rings is 1. The van der Waals surface area contributed by atoms with Gasteiger partial charge >= 0.3 is 0 Å². The van der Waals surface area contributed by atoms with Gasteiger partial charge in [0.05, 0.1) is 19.1 Å². The molecule has 2 aliphatic heterocycles. The first-order valence-corrected chi connectivity index (χ1v) is 11.9. The van der Waals surface area contributed by atoms with Crippen molar-refractivity contribution in [3.8, 4) is 11.5 Å². The number of hydrogen-bond donors (Lipinski definition) is 0. The minimum Gasteiger partial charge on any atom is -0.493 e. The molecule has 2 aliphatic rings. The Morgan fingerprint density at radius 1 is 1.10 bits per heavy atom. The van der Waals surface area contributed by atoms with E-state index in [2.05, 4.69) is 4.90 Å². The molecule has 0 radical (unpaired) electrons. The van der Waals surface area contributed by atoms with Gasteiger partial charge in [-0.05, 0) is 67.6 Å². The Morgan fingerprint density at radius 3 is 2.42 bits per heavy atom. The average molecular weight is 452 g/mol. The third-order valence-electron chi connectivity index (χ3n) is 6.39. The standard InChI is InChI=1S/C23H27F2NO4S/c1-29-20-11-18-14-23(25,31(27,28)22(18)12-21(20)30-2)13-16-6-8-26(9-7-16)15-17-4-3-5-19(24)10-17/h3-5,10-12,16H,6-9,13-15H2,1-2H3. The lowest BCUT2D eigenvalue weighted by Crippen LogP contribution is -2.39. The Balaban J connectivity index is 1.44. The van der Waals surface area contributed by atoms with Gasteiger partial charge in [0.25, 0.3) is 0 Å². The van der Waals surface area contributed by atoms with E-state index < -0.39 is 14.8 Å². The van der Waals surface area contributed by atoms with E-state index in [4.69, 9.17) is 9.47 Å².